The number of sulfone groups is 1. The maximum atomic E-state index is 11.5. The number of morpholine rings is 1. The average molecular weight is 298 g/mol. The highest BCUT2D eigenvalue weighted by Crippen LogP contribution is 2.20. The Kier molecular flexibility index (Phi) is 3.75. The van der Waals surface area contributed by atoms with Gasteiger partial charge in [0, 0.05) is 32.2 Å². The molecule has 1 aromatic rings. The van der Waals surface area contributed by atoms with Crippen molar-refractivity contribution in [3.05, 3.63) is 12.4 Å². The van der Waals surface area contributed by atoms with Gasteiger partial charge < -0.3 is 14.5 Å². The quantitative estimate of drug-likeness (QED) is 0.732. The fourth-order valence-electron chi connectivity index (χ4n) is 2.42. The highest BCUT2D eigenvalue weighted by molar-refractivity contribution is 7.91. The lowest BCUT2D eigenvalue weighted by molar-refractivity contribution is 0.122. The maximum Gasteiger partial charge on any atom is 0.153 e. The van der Waals surface area contributed by atoms with Gasteiger partial charge in [-0.05, 0) is 0 Å². The summed E-state index contributed by atoms with van der Waals surface area (Å²) in [6.45, 7) is 4.07. The monoisotopic (exact) mass is 298 g/mol. The molecule has 0 atom stereocenters. The lowest BCUT2D eigenvalue weighted by atomic mass is 10.3. The third-order valence-corrected chi connectivity index (χ3v) is 5.25. The van der Waals surface area contributed by atoms with E-state index in [1.807, 2.05) is 11.0 Å². The molecule has 7 nitrogen and oxygen atoms in total. The van der Waals surface area contributed by atoms with Crippen molar-refractivity contribution >= 4 is 21.5 Å². The van der Waals surface area contributed by atoms with Gasteiger partial charge in [-0.2, -0.15) is 0 Å². The van der Waals surface area contributed by atoms with Crippen LogP contribution in [0.3, 0.4) is 0 Å². The fraction of sp³-hybridized carbons (Fsp3) is 0.667. The molecule has 2 aliphatic heterocycles. The summed E-state index contributed by atoms with van der Waals surface area (Å²) in [6, 6.07) is 1.93. The van der Waals surface area contributed by atoms with Crippen LogP contribution < -0.4 is 9.80 Å². The summed E-state index contributed by atoms with van der Waals surface area (Å²) in [5, 5.41) is 0. The maximum absolute atomic E-state index is 11.5. The first kappa shape index (κ1) is 13.6. The molecule has 0 N–H and O–H groups in total. The van der Waals surface area contributed by atoms with Crippen molar-refractivity contribution in [3.8, 4) is 0 Å². The highest BCUT2D eigenvalue weighted by atomic mass is 32.2. The van der Waals surface area contributed by atoms with E-state index in [9.17, 15) is 8.42 Å². The second-order valence-corrected chi connectivity index (χ2v) is 7.28. The predicted octanol–water partition coefficient (Wildman–Crippen LogP) is -0.452. The Morgan fingerprint density at radius 1 is 0.950 bits per heavy atom. The minimum Gasteiger partial charge on any atom is -0.378 e. The van der Waals surface area contributed by atoms with E-state index < -0.39 is 9.84 Å². The van der Waals surface area contributed by atoms with Gasteiger partial charge in [0.1, 0.15) is 18.0 Å². The molecular formula is C12H18N4O3S. The lowest BCUT2D eigenvalue weighted by Crippen LogP contribution is -2.41. The van der Waals surface area contributed by atoms with Gasteiger partial charge in [-0.1, -0.05) is 0 Å². The van der Waals surface area contributed by atoms with Crippen LogP contribution in [0.25, 0.3) is 0 Å². The Balaban J connectivity index is 1.74. The van der Waals surface area contributed by atoms with Gasteiger partial charge in [0.2, 0.25) is 0 Å². The second kappa shape index (κ2) is 5.53. The first-order valence-electron chi connectivity index (χ1n) is 6.74. The highest BCUT2D eigenvalue weighted by Gasteiger charge is 2.23. The van der Waals surface area contributed by atoms with E-state index in [2.05, 4.69) is 14.9 Å². The summed E-state index contributed by atoms with van der Waals surface area (Å²) in [7, 11) is -2.87. The number of hydrogen-bond donors (Lipinski definition) is 0. The summed E-state index contributed by atoms with van der Waals surface area (Å²) in [5.74, 6) is 2.08. The standard InChI is InChI=1S/C12H18N4O3S/c17-20(18)7-3-16(4-8-20)12-9-11(13-10-14-12)15-1-5-19-6-2-15/h9-10H,1-8H2. The van der Waals surface area contributed by atoms with Crippen molar-refractivity contribution in [2.45, 2.75) is 0 Å². The molecule has 0 saturated carbocycles. The minimum atomic E-state index is -2.87. The number of aromatic nitrogens is 2. The normalized spacial score (nSPS) is 22.8. The topological polar surface area (TPSA) is 75.6 Å². The van der Waals surface area contributed by atoms with E-state index in [4.69, 9.17) is 4.74 Å². The number of nitrogens with zero attached hydrogens (tertiary/aromatic N) is 4. The molecule has 0 spiro atoms. The molecular weight excluding hydrogens is 280 g/mol. The largest absolute Gasteiger partial charge is 0.378 e. The molecule has 110 valence electrons. The van der Waals surface area contributed by atoms with E-state index in [0.29, 0.717) is 26.3 Å². The molecule has 0 bridgehead atoms. The van der Waals surface area contributed by atoms with Crippen molar-refractivity contribution in [2.75, 3.05) is 60.7 Å². The molecule has 20 heavy (non-hydrogen) atoms. The summed E-state index contributed by atoms with van der Waals surface area (Å²) in [4.78, 5) is 12.7. The van der Waals surface area contributed by atoms with E-state index in [1.54, 1.807) is 6.33 Å². The zero-order valence-electron chi connectivity index (χ0n) is 11.2. The van der Waals surface area contributed by atoms with Crippen molar-refractivity contribution in [1.29, 1.82) is 0 Å². The van der Waals surface area contributed by atoms with Crippen molar-refractivity contribution in [1.82, 2.24) is 9.97 Å². The Morgan fingerprint density at radius 2 is 1.50 bits per heavy atom. The van der Waals surface area contributed by atoms with Crippen LogP contribution in [0.15, 0.2) is 12.4 Å². The molecule has 8 heteroatoms. The molecule has 0 aromatic carbocycles. The fourth-order valence-corrected chi connectivity index (χ4v) is 3.62. The summed E-state index contributed by atoms with van der Waals surface area (Å²) in [6.07, 6.45) is 1.54. The summed E-state index contributed by atoms with van der Waals surface area (Å²) in [5.41, 5.74) is 0. The molecule has 3 rings (SSSR count). The van der Waals surface area contributed by atoms with Gasteiger partial charge in [-0.25, -0.2) is 18.4 Å². The van der Waals surface area contributed by atoms with Gasteiger partial charge in [0.05, 0.1) is 24.7 Å². The van der Waals surface area contributed by atoms with E-state index in [-0.39, 0.29) is 11.5 Å². The van der Waals surface area contributed by atoms with E-state index >= 15 is 0 Å². The van der Waals surface area contributed by atoms with Gasteiger partial charge in [-0.15, -0.1) is 0 Å². The third-order valence-electron chi connectivity index (χ3n) is 3.64. The number of hydrogen-bond acceptors (Lipinski definition) is 7. The van der Waals surface area contributed by atoms with Crippen LogP contribution in [0.1, 0.15) is 0 Å². The van der Waals surface area contributed by atoms with E-state index in [0.717, 1.165) is 24.7 Å². The molecule has 1 aromatic heterocycles. The Labute approximate surface area is 118 Å². The summed E-state index contributed by atoms with van der Waals surface area (Å²) < 4.78 is 28.2. The van der Waals surface area contributed by atoms with Gasteiger partial charge in [0.15, 0.2) is 9.84 Å². The number of rotatable bonds is 2. The van der Waals surface area contributed by atoms with Crippen LogP contribution in [0.5, 0.6) is 0 Å². The molecule has 2 saturated heterocycles. The zero-order chi connectivity index (χ0) is 14.0. The van der Waals surface area contributed by atoms with Crippen LogP contribution in [0.2, 0.25) is 0 Å². The average Bonchev–Trinajstić information content (AvgIpc) is 2.48. The second-order valence-electron chi connectivity index (χ2n) is 4.97. The minimum absolute atomic E-state index is 0.198. The molecule has 0 radical (unpaired) electrons. The lowest BCUT2D eigenvalue weighted by Gasteiger charge is -2.30. The Hall–Kier alpha value is -1.41. The molecule has 0 aliphatic carbocycles. The smallest absolute Gasteiger partial charge is 0.153 e. The Bertz CT molecular complexity index is 558. The van der Waals surface area contributed by atoms with Gasteiger partial charge in [0.25, 0.3) is 0 Å². The molecule has 2 fully saturated rings. The summed E-state index contributed by atoms with van der Waals surface area (Å²) >= 11 is 0. The van der Waals surface area contributed by atoms with Crippen LogP contribution in [-0.4, -0.2) is 69.3 Å². The van der Waals surface area contributed by atoms with Crippen molar-refractivity contribution in [2.24, 2.45) is 0 Å². The molecule has 3 heterocycles. The zero-order valence-corrected chi connectivity index (χ0v) is 12.0. The van der Waals surface area contributed by atoms with Crippen LogP contribution in [-0.2, 0) is 14.6 Å². The molecule has 0 unspecified atom stereocenters. The molecule has 0 amide bonds. The van der Waals surface area contributed by atoms with Gasteiger partial charge in [-0.3, -0.25) is 0 Å². The van der Waals surface area contributed by atoms with Crippen molar-refractivity contribution < 1.29 is 13.2 Å². The van der Waals surface area contributed by atoms with E-state index in [1.165, 1.54) is 0 Å². The number of ether oxygens (including phenoxy) is 1. The molecule has 2 aliphatic rings. The van der Waals surface area contributed by atoms with Gasteiger partial charge >= 0.3 is 0 Å². The van der Waals surface area contributed by atoms with Crippen LogP contribution in [0.4, 0.5) is 11.6 Å². The Morgan fingerprint density at radius 3 is 2.10 bits per heavy atom. The third kappa shape index (κ3) is 3.01. The first-order valence-corrected chi connectivity index (χ1v) is 8.56. The predicted molar refractivity (Wildman–Crippen MR) is 75.9 cm³/mol. The first-order chi connectivity index (χ1) is 9.64. The number of anilines is 2. The van der Waals surface area contributed by atoms with Crippen LogP contribution in [0, 0.1) is 0 Å². The van der Waals surface area contributed by atoms with Crippen LogP contribution >= 0.6 is 0 Å². The SMILES string of the molecule is O=S1(=O)CCN(c2cc(N3CCOCC3)ncn2)CC1. The van der Waals surface area contributed by atoms with Crippen molar-refractivity contribution in [3.63, 3.8) is 0 Å².